The van der Waals surface area contributed by atoms with Crippen molar-refractivity contribution in [3.63, 3.8) is 0 Å². The van der Waals surface area contributed by atoms with Gasteiger partial charge in [0.2, 0.25) is 0 Å². The molecule has 90 valence electrons. The van der Waals surface area contributed by atoms with Gasteiger partial charge in [-0.1, -0.05) is 11.6 Å². The Balaban J connectivity index is 2.46. The van der Waals surface area contributed by atoms with Crippen LogP contribution in [-0.4, -0.2) is 27.3 Å². The summed E-state index contributed by atoms with van der Waals surface area (Å²) in [6.07, 6.45) is 0. The summed E-state index contributed by atoms with van der Waals surface area (Å²) < 4.78 is 14.8. The third-order valence-electron chi connectivity index (χ3n) is 2.46. The third-order valence-corrected chi connectivity index (χ3v) is 2.77. The van der Waals surface area contributed by atoms with Crippen LogP contribution >= 0.6 is 11.6 Å². The van der Waals surface area contributed by atoms with Gasteiger partial charge in [0.15, 0.2) is 5.82 Å². The Labute approximate surface area is 103 Å². The van der Waals surface area contributed by atoms with Crippen LogP contribution in [0.2, 0.25) is 5.02 Å². The van der Waals surface area contributed by atoms with Crippen molar-refractivity contribution >= 4 is 11.6 Å². The molecule has 0 spiro atoms. The first kappa shape index (κ1) is 11.9. The summed E-state index contributed by atoms with van der Waals surface area (Å²) in [5.74, 6) is 0.108. The Morgan fingerprint density at radius 1 is 1.47 bits per heavy atom. The summed E-state index contributed by atoms with van der Waals surface area (Å²) in [6.45, 7) is 1.91. The minimum absolute atomic E-state index is 0.0382. The fourth-order valence-electron chi connectivity index (χ4n) is 1.39. The fraction of sp³-hybridized carbons (Fsp3) is 0.300. The molecule has 1 aromatic heterocycles. The first-order valence-electron chi connectivity index (χ1n) is 5.04. The van der Waals surface area contributed by atoms with Gasteiger partial charge in [0.25, 0.3) is 0 Å². The molecule has 1 heterocycles. The largest absolute Gasteiger partial charge is 0.311 e. The van der Waals surface area contributed by atoms with E-state index in [1.807, 2.05) is 6.92 Å². The molecule has 1 aromatic carbocycles. The third kappa shape index (κ3) is 2.27. The lowest BCUT2D eigenvalue weighted by molar-refractivity contribution is 0.585. The van der Waals surface area contributed by atoms with Gasteiger partial charge in [-0.3, -0.25) is 0 Å². The SMILES string of the molecule is CNC(C)c1nnnn1-c1ccc(Cl)c(F)c1. The Kier molecular flexibility index (Phi) is 3.35. The van der Waals surface area contributed by atoms with Crippen molar-refractivity contribution in [1.82, 2.24) is 25.5 Å². The van der Waals surface area contributed by atoms with Crippen molar-refractivity contribution in [3.8, 4) is 5.69 Å². The van der Waals surface area contributed by atoms with E-state index in [-0.39, 0.29) is 11.1 Å². The number of nitrogens with zero attached hydrogens (tertiary/aromatic N) is 4. The van der Waals surface area contributed by atoms with Crippen LogP contribution in [0.15, 0.2) is 18.2 Å². The molecule has 0 radical (unpaired) electrons. The zero-order valence-corrected chi connectivity index (χ0v) is 10.1. The molecular weight excluding hydrogens is 245 g/mol. The molecule has 1 unspecified atom stereocenters. The van der Waals surface area contributed by atoms with E-state index in [9.17, 15) is 4.39 Å². The maximum Gasteiger partial charge on any atom is 0.173 e. The van der Waals surface area contributed by atoms with Crippen molar-refractivity contribution in [2.45, 2.75) is 13.0 Å². The highest BCUT2D eigenvalue weighted by atomic mass is 35.5. The van der Waals surface area contributed by atoms with Crippen LogP contribution in [0.25, 0.3) is 5.69 Å². The minimum Gasteiger partial charge on any atom is -0.311 e. The average molecular weight is 256 g/mol. The van der Waals surface area contributed by atoms with Crippen molar-refractivity contribution < 1.29 is 4.39 Å². The van der Waals surface area contributed by atoms with Crippen LogP contribution in [0, 0.1) is 5.82 Å². The molecule has 0 saturated carbocycles. The number of halogens is 2. The number of rotatable bonds is 3. The molecular formula is C10H11ClFN5. The summed E-state index contributed by atoms with van der Waals surface area (Å²) in [5, 5.41) is 14.4. The van der Waals surface area contributed by atoms with Crippen LogP contribution in [0.1, 0.15) is 18.8 Å². The van der Waals surface area contributed by atoms with E-state index < -0.39 is 5.82 Å². The van der Waals surface area contributed by atoms with Crippen LogP contribution in [0.4, 0.5) is 4.39 Å². The second-order valence-corrected chi connectivity index (χ2v) is 3.96. The van der Waals surface area contributed by atoms with Crippen molar-refractivity contribution in [1.29, 1.82) is 0 Å². The van der Waals surface area contributed by atoms with E-state index in [0.29, 0.717) is 11.5 Å². The summed E-state index contributed by atoms with van der Waals surface area (Å²) >= 11 is 5.62. The normalized spacial score (nSPS) is 12.7. The smallest absolute Gasteiger partial charge is 0.173 e. The van der Waals surface area contributed by atoms with Gasteiger partial charge in [0.1, 0.15) is 5.82 Å². The zero-order valence-electron chi connectivity index (χ0n) is 9.35. The molecule has 0 amide bonds. The molecule has 1 N–H and O–H groups in total. The highest BCUT2D eigenvalue weighted by Gasteiger charge is 2.14. The van der Waals surface area contributed by atoms with E-state index in [0.717, 1.165) is 0 Å². The molecule has 0 aliphatic heterocycles. The van der Waals surface area contributed by atoms with Gasteiger partial charge in [-0.25, -0.2) is 4.39 Å². The lowest BCUT2D eigenvalue weighted by Gasteiger charge is -2.10. The summed E-state index contributed by atoms with van der Waals surface area (Å²) in [6, 6.07) is 4.39. The van der Waals surface area contributed by atoms with E-state index in [4.69, 9.17) is 11.6 Å². The van der Waals surface area contributed by atoms with Crippen molar-refractivity contribution in [2.75, 3.05) is 7.05 Å². The van der Waals surface area contributed by atoms with Crippen LogP contribution in [-0.2, 0) is 0 Å². The number of benzene rings is 1. The quantitative estimate of drug-likeness (QED) is 0.908. The van der Waals surface area contributed by atoms with Gasteiger partial charge < -0.3 is 5.32 Å². The molecule has 7 heteroatoms. The standard InChI is InChI=1S/C10H11ClFN5/c1-6(13-2)10-14-15-16-17(10)7-3-4-8(11)9(12)5-7/h3-6,13H,1-2H3. The van der Waals surface area contributed by atoms with Gasteiger partial charge in [0.05, 0.1) is 16.8 Å². The fourth-order valence-corrected chi connectivity index (χ4v) is 1.51. The summed E-state index contributed by atoms with van der Waals surface area (Å²) in [5.41, 5.74) is 0.536. The van der Waals surface area contributed by atoms with Crippen molar-refractivity contribution in [2.24, 2.45) is 0 Å². The molecule has 5 nitrogen and oxygen atoms in total. The monoisotopic (exact) mass is 255 g/mol. The summed E-state index contributed by atoms with van der Waals surface area (Å²) in [4.78, 5) is 0. The molecule has 0 fully saturated rings. The van der Waals surface area contributed by atoms with E-state index in [2.05, 4.69) is 20.8 Å². The Bertz CT molecular complexity index is 527. The van der Waals surface area contributed by atoms with Crippen LogP contribution in [0.5, 0.6) is 0 Å². The van der Waals surface area contributed by atoms with E-state index >= 15 is 0 Å². The first-order chi connectivity index (χ1) is 8.13. The number of hydrogen-bond acceptors (Lipinski definition) is 4. The molecule has 2 aromatic rings. The Hall–Kier alpha value is -1.53. The average Bonchev–Trinajstić information content (AvgIpc) is 2.80. The first-order valence-corrected chi connectivity index (χ1v) is 5.42. The Morgan fingerprint density at radius 3 is 2.88 bits per heavy atom. The van der Waals surface area contributed by atoms with Gasteiger partial charge in [-0.2, -0.15) is 4.68 Å². The minimum atomic E-state index is -0.497. The lowest BCUT2D eigenvalue weighted by atomic mass is 10.3. The maximum atomic E-state index is 13.4. The lowest BCUT2D eigenvalue weighted by Crippen LogP contribution is -2.17. The number of tetrazole rings is 1. The predicted octanol–water partition coefficient (Wildman–Crippen LogP) is 1.74. The second kappa shape index (κ2) is 4.77. The highest BCUT2D eigenvalue weighted by molar-refractivity contribution is 6.30. The number of hydrogen-bond donors (Lipinski definition) is 1. The van der Waals surface area contributed by atoms with Gasteiger partial charge in [0, 0.05) is 6.07 Å². The van der Waals surface area contributed by atoms with E-state index in [1.54, 1.807) is 13.1 Å². The molecule has 0 aliphatic rings. The van der Waals surface area contributed by atoms with Gasteiger partial charge in [-0.05, 0) is 36.5 Å². The number of aromatic nitrogens is 4. The highest BCUT2D eigenvalue weighted by Crippen LogP contribution is 2.19. The molecule has 0 aliphatic carbocycles. The predicted molar refractivity (Wildman–Crippen MR) is 61.6 cm³/mol. The van der Waals surface area contributed by atoms with Crippen LogP contribution in [0.3, 0.4) is 0 Å². The summed E-state index contributed by atoms with van der Waals surface area (Å²) in [7, 11) is 1.80. The molecule has 0 bridgehead atoms. The topological polar surface area (TPSA) is 55.6 Å². The maximum absolute atomic E-state index is 13.4. The molecule has 1 atom stereocenters. The molecule has 0 saturated heterocycles. The van der Waals surface area contributed by atoms with Crippen molar-refractivity contribution in [3.05, 3.63) is 34.9 Å². The van der Waals surface area contributed by atoms with E-state index in [1.165, 1.54) is 16.8 Å². The zero-order chi connectivity index (χ0) is 12.4. The Morgan fingerprint density at radius 2 is 2.24 bits per heavy atom. The molecule has 17 heavy (non-hydrogen) atoms. The van der Waals surface area contributed by atoms with Crippen LogP contribution < -0.4 is 5.32 Å². The number of nitrogens with one attached hydrogen (secondary N) is 1. The second-order valence-electron chi connectivity index (χ2n) is 3.56. The van der Waals surface area contributed by atoms with Gasteiger partial charge in [-0.15, -0.1) is 5.10 Å². The van der Waals surface area contributed by atoms with Gasteiger partial charge >= 0.3 is 0 Å². The molecule has 2 rings (SSSR count).